The minimum atomic E-state index is -0.397. The molecule has 0 radical (unpaired) electrons. The van der Waals surface area contributed by atoms with E-state index < -0.39 is 5.82 Å². The zero-order valence-electron chi connectivity index (χ0n) is 9.73. The van der Waals surface area contributed by atoms with Crippen molar-refractivity contribution in [1.29, 1.82) is 0 Å². The zero-order chi connectivity index (χ0) is 13.1. The molecule has 0 fully saturated rings. The van der Waals surface area contributed by atoms with Gasteiger partial charge < -0.3 is 0 Å². The molecule has 0 saturated carbocycles. The van der Waals surface area contributed by atoms with E-state index in [1.54, 1.807) is 4.68 Å². The van der Waals surface area contributed by atoms with E-state index in [0.29, 0.717) is 17.8 Å². The second kappa shape index (κ2) is 5.39. The van der Waals surface area contributed by atoms with Gasteiger partial charge in [0.25, 0.3) is 0 Å². The topological polar surface area (TPSA) is 47.8 Å². The van der Waals surface area contributed by atoms with E-state index >= 15 is 0 Å². The molecule has 0 spiro atoms. The molecule has 1 heterocycles. The molecule has 1 aromatic carbocycles. The van der Waals surface area contributed by atoms with Gasteiger partial charge in [0, 0.05) is 12.1 Å². The fraction of sp³-hybridized carbons (Fsp3) is 0.250. The van der Waals surface area contributed by atoms with Crippen LogP contribution < -0.4 is 0 Å². The Balaban J connectivity index is 2.35. The monoisotopic (exact) mass is 311 g/mol. The quantitative estimate of drug-likeness (QED) is 0.816. The summed E-state index contributed by atoms with van der Waals surface area (Å²) in [4.78, 5) is 12.2. The molecule has 0 bridgehead atoms. The minimum Gasteiger partial charge on any atom is -0.287 e. The lowest BCUT2D eigenvalue weighted by molar-refractivity contribution is 0.102. The maximum atomic E-state index is 13.1. The summed E-state index contributed by atoms with van der Waals surface area (Å²) in [5.74, 6) is -0.610. The molecule has 0 amide bonds. The summed E-state index contributed by atoms with van der Waals surface area (Å²) < 4.78 is 14.9. The van der Waals surface area contributed by atoms with Gasteiger partial charge in [0.2, 0.25) is 5.78 Å². The number of carbonyl (C=O) groups is 1. The van der Waals surface area contributed by atoms with Gasteiger partial charge in [-0.05, 0) is 40.5 Å². The van der Waals surface area contributed by atoms with Crippen LogP contribution in [0.3, 0.4) is 0 Å². The standard InChI is InChI=1S/C12H11BrFN3O/c1-2-5-17-11(7-15-16-17)12(18)8-3-4-10(14)9(13)6-8/h3-4,6-7H,2,5H2,1H3. The molecule has 0 aliphatic carbocycles. The molecule has 94 valence electrons. The molecule has 0 N–H and O–H groups in total. The third-order valence-corrected chi connectivity index (χ3v) is 3.08. The maximum Gasteiger partial charge on any atom is 0.212 e. The van der Waals surface area contributed by atoms with Gasteiger partial charge in [-0.3, -0.25) is 4.79 Å². The molecule has 0 saturated heterocycles. The van der Waals surface area contributed by atoms with E-state index in [1.807, 2.05) is 6.92 Å². The summed E-state index contributed by atoms with van der Waals surface area (Å²) in [6, 6.07) is 4.16. The molecule has 2 rings (SSSR count). The Morgan fingerprint density at radius 3 is 2.94 bits per heavy atom. The van der Waals surface area contributed by atoms with Crippen molar-refractivity contribution in [2.75, 3.05) is 0 Å². The highest BCUT2D eigenvalue weighted by molar-refractivity contribution is 9.10. The lowest BCUT2D eigenvalue weighted by atomic mass is 10.1. The highest BCUT2D eigenvalue weighted by Crippen LogP contribution is 2.19. The summed E-state index contributed by atoms with van der Waals surface area (Å²) in [6.45, 7) is 2.62. The molecule has 0 aliphatic rings. The molecule has 0 unspecified atom stereocenters. The van der Waals surface area contributed by atoms with Crippen LogP contribution in [0.4, 0.5) is 4.39 Å². The average Bonchev–Trinajstić information content (AvgIpc) is 2.80. The molecule has 1 aromatic heterocycles. The van der Waals surface area contributed by atoms with Crippen molar-refractivity contribution in [3.8, 4) is 0 Å². The molecule has 2 aromatic rings. The smallest absolute Gasteiger partial charge is 0.212 e. The Kier molecular flexibility index (Phi) is 3.86. The van der Waals surface area contributed by atoms with Crippen molar-refractivity contribution in [3.63, 3.8) is 0 Å². The van der Waals surface area contributed by atoms with Crippen LogP contribution >= 0.6 is 15.9 Å². The third kappa shape index (κ3) is 2.48. The van der Waals surface area contributed by atoms with Crippen LogP contribution in [0.25, 0.3) is 0 Å². The molecular weight excluding hydrogens is 301 g/mol. The van der Waals surface area contributed by atoms with Gasteiger partial charge in [-0.2, -0.15) is 0 Å². The van der Waals surface area contributed by atoms with Crippen molar-refractivity contribution < 1.29 is 9.18 Å². The first-order chi connectivity index (χ1) is 8.63. The van der Waals surface area contributed by atoms with Crippen molar-refractivity contribution in [3.05, 3.63) is 45.9 Å². The number of hydrogen-bond acceptors (Lipinski definition) is 3. The van der Waals surface area contributed by atoms with Gasteiger partial charge >= 0.3 is 0 Å². The van der Waals surface area contributed by atoms with E-state index in [4.69, 9.17) is 0 Å². The van der Waals surface area contributed by atoms with E-state index in [9.17, 15) is 9.18 Å². The lowest BCUT2D eigenvalue weighted by Gasteiger charge is -2.04. The van der Waals surface area contributed by atoms with Crippen LogP contribution in [0.15, 0.2) is 28.9 Å². The van der Waals surface area contributed by atoms with Crippen LogP contribution in [0.5, 0.6) is 0 Å². The number of rotatable bonds is 4. The van der Waals surface area contributed by atoms with E-state index in [0.717, 1.165) is 6.42 Å². The number of aromatic nitrogens is 3. The van der Waals surface area contributed by atoms with E-state index in [2.05, 4.69) is 26.2 Å². The number of ketones is 1. The first-order valence-electron chi connectivity index (χ1n) is 5.51. The first kappa shape index (κ1) is 12.9. The molecular formula is C12H11BrFN3O. The zero-order valence-corrected chi connectivity index (χ0v) is 11.3. The Morgan fingerprint density at radius 2 is 2.28 bits per heavy atom. The minimum absolute atomic E-state index is 0.214. The highest BCUT2D eigenvalue weighted by atomic mass is 79.9. The van der Waals surface area contributed by atoms with Crippen LogP contribution in [-0.2, 0) is 6.54 Å². The van der Waals surface area contributed by atoms with Crippen molar-refractivity contribution in [1.82, 2.24) is 15.0 Å². The Morgan fingerprint density at radius 1 is 1.50 bits per heavy atom. The SMILES string of the molecule is CCCn1nncc1C(=O)c1ccc(F)c(Br)c1. The predicted molar refractivity (Wildman–Crippen MR) is 67.8 cm³/mol. The molecule has 0 atom stereocenters. The largest absolute Gasteiger partial charge is 0.287 e. The summed E-state index contributed by atoms with van der Waals surface area (Å²) in [7, 11) is 0. The number of halogens is 2. The second-order valence-electron chi connectivity index (χ2n) is 3.80. The van der Waals surface area contributed by atoms with Gasteiger partial charge in [0.15, 0.2) is 0 Å². The number of carbonyl (C=O) groups excluding carboxylic acids is 1. The third-order valence-electron chi connectivity index (χ3n) is 2.47. The van der Waals surface area contributed by atoms with Crippen molar-refractivity contribution in [2.45, 2.75) is 19.9 Å². The fourth-order valence-electron chi connectivity index (χ4n) is 1.60. The Bertz CT molecular complexity index is 582. The number of nitrogens with zero attached hydrogens (tertiary/aromatic N) is 3. The highest BCUT2D eigenvalue weighted by Gasteiger charge is 2.16. The van der Waals surface area contributed by atoms with Crippen LogP contribution in [-0.4, -0.2) is 20.8 Å². The Labute approximate surface area is 112 Å². The molecule has 18 heavy (non-hydrogen) atoms. The number of benzene rings is 1. The summed E-state index contributed by atoms with van der Waals surface area (Å²) in [6.07, 6.45) is 2.28. The molecule has 6 heteroatoms. The number of hydrogen-bond donors (Lipinski definition) is 0. The van der Waals surface area contributed by atoms with Crippen LogP contribution in [0.2, 0.25) is 0 Å². The maximum absolute atomic E-state index is 13.1. The summed E-state index contributed by atoms with van der Waals surface area (Å²) >= 11 is 3.06. The second-order valence-corrected chi connectivity index (χ2v) is 4.65. The predicted octanol–water partition coefficient (Wildman–Crippen LogP) is 2.82. The average molecular weight is 312 g/mol. The van der Waals surface area contributed by atoms with Gasteiger partial charge in [0.1, 0.15) is 11.5 Å². The van der Waals surface area contributed by atoms with Gasteiger partial charge in [0.05, 0.1) is 10.7 Å². The number of aryl methyl sites for hydroxylation is 1. The van der Waals surface area contributed by atoms with Gasteiger partial charge in [-0.15, -0.1) is 5.10 Å². The van der Waals surface area contributed by atoms with Crippen LogP contribution in [0, 0.1) is 5.82 Å². The summed E-state index contributed by atoms with van der Waals surface area (Å²) in [5, 5.41) is 7.59. The van der Waals surface area contributed by atoms with Crippen LogP contribution in [0.1, 0.15) is 29.4 Å². The Hall–Kier alpha value is -1.56. The van der Waals surface area contributed by atoms with Crippen molar-refractivity contribution >= 4 is 21.7 Å². The van der Waals surface area contributed by atoms with Gasteiger partial charge in [-0.25, -0.2) is 9.07 Å². The summed E-state index contributed by atoms with van der Waals surface area (Å²) in [5.41, 5.74) is 0.818. The molecule has 0 aliphatic heterocycles. The molecule has 4 nitrogen and oxygen atoms in total. The lowest BCUT2D eigenvalue weighted by Crippen LogP contribution is -2.11. The van der Waals surface area contributed by atoms with Crippen molar-refractivity contribution in [2.24, 2.45) is 0 Å². The van der Waals surface area contributed by atoms with E-state index in [1.165, 1.54) is 24.4 Å². The van der Waals surface area contributed by atoms with Gasteiger partial charge in [-0.1, -0.05) is 12.1 Å². The normalized spacial score (nSPS) is 10.6. The fourth-order valence-corrected chi connectivity index (χ4v) is 1.97. The first-order valence-corrected chi connectivity index (χ1v) is 6.31. The van der Waals surface area contributed by atoms with E-state index in [-0.39, 0.29) is 10.3 Å².